The molecule has 0 amide bonds. The number of carbonyl (C=O) groups excluding carboxylic acids is 1. The molecule has 12 heavy (non-hydrogen) atoms. The summed E-state index contributed by atoms with van der Waals surface area (Å²) in [5.74, 6) is -0.295. The lowest BCUT2D eigenvalue weighted by atomic mass is 10.3. The first-order chi connectivity index (χ1) is 5.52. The van der Waals surface area contributed by atoms with Crippen LogP contribution in [0, 0.1) is 20.8 Å². The Balaban J connectivity index is 3.05. The van der Waals surface area contributed by atoms with E-state index in [0.717, 1.165) is 17.0 Å². The summed E-state index contributed by atoms with van der Waals surface area (Å²) in [7, 11) is 0. The van der Waals surface area contributed by atoms with Gasteiger partial charge in [-0.2, -0.15) is 4.73 Å². The molecule has 0 atom stereocenters. The van der Waals surface area contributed by atoms with Crippen molar-refractivity contribution in [3.63, 3.8) is 0 Å². The van der Waals surface area contributed by atoms with Crippen LogP contribution < -0.4 is 4.84 Å². The van der Waals surface area contributed by atoms with E-state index in [2.05, 4.69) is 0 Å². The van der Waals surface area contributed by atoms with Gasteiger partial charge in [0.2, 0.25) is 0 Å². The highest BCUT2D eigenvalue weighted by Crippen LogP contribution is 2.11. The number of hydrogen-bond acceptors (Lipinski definition) is 2. The monoisotopic (exact) mass is 167 g/mol. The smallest absolute Gasteiger partial charge is 0.329 e. The minimum atomic E-state index is -0.295. The van der Waals surface area contributed by atoms with E-state index in [1.807, 2.05) is 26.8 Å². The lowest BCUT2D eigenvalue weighted by Crippen LogP contribution is -2.18. The summed E-state index contributed by atoms with van der Waals surface area (Å²) in [5, 5.41) is 0. The average molecular weight is 167 g/mol. The highest BCUT2D eigenvalue weighted by atomic mass is 16.7. The molecule has 3 heteroatoms. The van der Waals surface area contributed by atoms with Gasteiger partial charge in [0, 0.05) is 6.92 Å². The third-order valence-electron chi connectivity index (χ3n) is 1.84. The fourth-order valence-corrected chi connectivity index (χ4v) is 1.17. The molecule has 0 aromatic carbocycles. The highest BCUT2D eigenvalue weighted by Gasteiger charge is 2.07. The minimum absolute atomic E-state index is 0.295. The summed E-state index contributed by atoms with van der Waals surface area (Å²) in [6, 6.07) is 1.98. The van der Waals surface area contributed by atoms with Gasteiger partial charge in [0.25, 0.3) is 0 Å². The van der Waals surface area contributed by atoms with Crippen LogP contribution in [-0.2, 0) is 4.79 Å². The Morgan fingerprint density at radius 1 is 1.42 bits per heavy atom. The van der Waals surface area contributed by atoms with E-state index in [0.29, 0.717) is 0 Å². The molecule has 0 bridgehead atoms. The molecule has 0 saturated heterocycles. The summed E-state index contributed by atoms with van der Waals surface area (Å²) in [4.78, 5) is 15.7. The summed E-state index contributed by atoms with van der Waals surface area (Å²) in [5.41, 5.74) is 3.05. The van der Waals surface area contributed by atoms with Gasteiger partial charge in [-0.3, -0.25) is 0 Å². The Kier molecular flexibility index (Phi) is 2.22. The molecule has 1 heterocycles. The van der Waals surface area contributed by atoms with Gasteiger partial charge in [-0.15, -0.1) is 0 Å². The lowest BCUT2D eigenvalue weighted by Gasteiger charge is -2.06. The van der Waals surface area contributed by atoms with Gasteiger partial charge in [-0.1, -0.05) is 0 Å². The average Bonchev–Trinajstić information content (AvgIpc) is 2.16. The molecule has 0 fully saturated rings. The van der Waals surface area contributed by atoms with E-state index in [4.69, 9.17) is 4.84 Å². The molecule has 1 rings (SSSR count). The predicted molar refractivity (Wildman–Crippen MR) is 45.9 cm³/mol. The number of aromatic nitrogens is 1. The molecular formula is C9H13NO2. The molecule has 3 nitrogen and oxygen atoms in total. The zero-order valence-electron chi connectivity index (χ0n) is 7.84. The summed E-state index contributed by atoms with van der Waals surface area (Å²) >= 11 is 0. The summed E-state index contributed by atoms with van der Waals surface area (Å²) < 4.78 is 1.55. The van der Waals surface area contributed by atoms with Crippen LogP contribution in [0.15, 0.2) is 6.07 Å². The van der Waals surface area contributed by atoms with Crippen LogP contribution in [-0.4, -0.2) is 10.7 Å². The van der Waals surface area contributed by atoms with Crippen LogP contribution in [0.5, 0.6) is 0 Å². The van der Waals surface area contributed by atoms with Crippen molar-refractivity contribution >= 4 is 5.97 Å². The van der Waals surface area contributed by atoms with Crippen molar-refractivity contribution in [1.82, 2.24) is 4.73 Å². The number of carbonyl (C=O) groups is 1. The first-order valence-electron chi connectivity index (χ1n) is 3.87. The van der Waals surface area contributed by atoms with Crippen molar-refractivity contribution in [1.29, 1.82) is 0 Å². The summed E-state index contributed by atoms with van der Waals surface area (Å²) in [6.45, 7) is 7.21. The molecule has 0 aliphatic heterocycles. The van der Waals surface area contributed by atoms with Gasteiger partial charge < -0.3 is 4.84 Å². The third-order valence-corrected chi connectivity index (χ3v) is 1.84. The Bertz CT molecular complexity index is 313. The van der Waals surface area contributed by atoms with Crippen LogP contribution in [0.1, 0.15) is 23.9 Å². The van der Waals surface area contributed by atoms with Crippen molar-refractivity contribution in [3.8, 4) is 0 Å². The molecule has 0 unspecified atom stereocenters. The molecule has 1 aromatic heterocycles. The van der Waals surface area contributed by atoms with E-state index in [1.54, 1.807) is 4.73 Å². The minimum Gasteiger partial charge on any atom is -0.337 e. The summed E-state index contributed by atoms with van der Waals surface area (Å²) in [6.07, 6.45) is 0. The van der Waals surface area contributed by atoms with Gasteiger partial charge in [-0.25, -0.2) is 4.79 Å². The Morgan fingerprint density at radius 2 is 2.00 bits per heavy atom. The topological polar surface area (TPSA) is 31.2 Å². The van der Waals surface area contributed by atoms with Gasteiger partial charge in [0.1, 0.15) is 0 Å². The number of rotatable bonds is 1. The van der Waals surface area contributed by atoms with Crippen LogP contribution in [0.3, 0.4) is 0 Å². The SMILES string of the molecule is CC(=O)On1c(C)cc(C)c1C. The molecular weight excluding hydrogens is 154 g/mol. The molecule has 66 valence electrons. The van der Waals surface area contributed by atoms with Crippen LogP contribution in [0.4, 0.5) is 0 Å². The van der Waals surface area contributed by atoms with E-state index in [9.17, 15) is 4.79 Å². The van der Waals surface area contributed by atoms with E-state index < -0.39 is 0 Å². The second kappa shape index (κ2) is 3.01. The quantitative estimate of drug-likeness (QED) is 0.633. The van der Waals surface area contributed by atoms with E-state index in [1.165, 1.54) is 6.92 Å². The van der Waals surface area contributed by atoms with E-state index >= 15 is 0 Å². The molecule has 0 aliphatic rings. The lowest BCUT2D eigenvalue weighted by molar-refractivity contribution is -0.141. The first-order valence-corrected chi connectivity index (χ1v) is 3.87. The largest absolute Gasteiger partial charge is 0.337 e. The van der Waals surface area contributed by atoms with Crippen molar-refractivity contribution in [2.75, 3.05) is 0 Å². The Hall–Kier alpha value is -1.25. The van der Waals surface area contributed by atoms with Crippen LogP contribution >= 0.6 is 0 Å². The highest BCUT2D eigenvalue weighted by molar-refractivity contribution is 5.66. The zero-order valence-corrected chi connectivity index (χ0v) is 7.84. The van der Waals surface area contributed by atoms with Gasteiger partial charge in [0.05, 0.1) is 11.4 Å². The Labute approximate surface area is 71.9 Å². The van der Waals surface area contributed by atoms with Gasteiger partial charge >= 0.3 is 5.97 Å². The molecule has 1 aromatic rings. The van der Waals surface area contributed by atoms with Gasteiger partial charge in [0.15, 0.2) is 0 Å². The Morgan fingerprint density at radius 3 is 2.33 bits per heavy atom. The molecule has 0 aliphatic carbocycles. The maximum Gasteiger partial charge on any atom is 0.329 e. The number of hydrogen-bond donors (Lipinski definition) is 0. The van der Waals surface area contributed by atoms with E-state index in [-0.39, 0.29) is 5.97 Å². The maximum atomic E-state index is 10.7. The van der Waals surface area contributed by atoms with Crippen LogP contribution in [0.25, 0.3) is 0 Å². The fourth-order valence-electron chi connectivity index (χ4n) is 1.17. The standard InChI is InChI=1S/C9H13NO2/c1-6-5-7(2)10(8(6)3)12-9(4)11/h5H,1-4H3. The second-order valence-electron chi connectivity index (χ2n) is 2.93. The maximum absolute atomic E-state index is 10.7. The molecule has 0 saturated carbocycles. The normalized spacial score (nSPS) is 10.0. The van der Waals surface area contributed by atoms with Crippen molar-refractivity contribution < 1.29 is 9.63 Å². The van der Waals surface area contributed by atoms with Crippen LogP contribution in [0.2, 0.25) is 0 Å². The van der Waals surface area contributed by atoms with Crippen molar-refractivity contribution in [2.45, 2.75) is 27.7 Å². The number of nitrogens with zero attached hydrogens (tertiary/aromatic N) is 1. The first kappa shape index (κ1) is 8.84. The zero-order chi connectivity index (χ0) is 9.30. The third kappa shape index (κ3) is 1.49. The molecule has 0 spiro atoms. The molecule has 0 radical (unpaired) electrons. The number of aryl methyl sites for hydroxylation is 2. The predicted octanol–water partition coefficient (Wildman–Crippen LogP) is 1.39. The second-order valence-corrected chi connectivity index (χ2v) is 2.93. The van der Waals surface area contributed by atoms with Crippen molar-refractivity contribution in [3.05, 3.63) is 23.0 Å². The fraction of sp³-hybridized carbons (Fsp3) is 0.444. The van der Waals surface area contributed by atoms with Gasteiger partial charge in [-0.05, 0) is 32.4 Å². The van der Waals surface area contributed by atoms with Crippen molar-refractivity contribution in [2.24, 2.45) is 0 Å². The molecule has 0 N–H and O–H groups in total.